The molecule has 0 heterocycles. The first-order valence-electron chi connectivity index (χ1n) is 1.70. The van der Waals surface area contributed by atoms with Gasteiger partial charge in [0.1, 0.15) is 0 Å². The molecule has 0 rings (SSSR count). The summed E-state index contributed by atoms with van der Waals surface area (Å²) in [6.07, 6.45) is 0. The number of rotatable bonds is 0. The molecule has 0 aliphatic carbocycles. The normalized spacial score (nSPS) is 8.00. The standard InChI is InChI=1S/C4H8S2/c1-3(2)4(5)6/h5-6H,1-2H3. The molecule has 0 aliphatic heterocycles. The quantitative estimate of drug-likeness (QED) is 0.449. The van der Waals surface area contributed by atoms with E-state index in [0.717, 1.165) is 9.81 Å². The van der Waals surface area contributed by atoms with Gasteiger partial charge in [-0.3, -0.25) is 0 Å². The largest absolute Gasteiger partial charge is 0.137 e. The van der Waals surface area contributed by atoms with Crippen LogP contribution in [0.4, 0.5) is 0 Å². The summed E-state index contributed by atoms with van der Waals surface area (Å²) in [5.74, 6) is 0. The van der Waals surface area contributed by atoms with Crippen LogP contribution in [0.1, 0.15) is 13.8 Å². The van der Waals surface area contributed by atoms with E-state index >= 15 is 0 Å². The second-order valence-corrected chi connectivity index (χ2v) is 2.57. The van der Waals surface area contributed by atoms with Crippen LogP contribution in [0.2, 0.25) is 0 Å². The van der Waals surface area contributed by atoms with Gasteiger partial charge in [-0.25, -0.2) is 0 Å². The molecule has 36 valence electrons. The fraction of sp³-hybridized carbons (Fsp3) is 0.500. The topological polar surface area (TPSA) is 0 Å². The first kappa shape index (κ1) is 6.44. The number of allylic oxidation sites excluding steroid dienone is 1. The maximum absolute atomic E-state index is 3.94. The Balaban J connectivity index is 3.68. The summed E-state index contributed by atoms with van der Waals surface area (Å²) in [7, 11) is 0. The van der Waals surface area contributed by atoms with Crippen molar-refractivity contribution < 1.29 is 0 Å². The van der Waals surface area contributed by atoms with Gasteiger partial charge < -0.3 is 0 Å². The summed E-state index contributed by atoms with van der Waals surface area (Å²) in [4.78, 5) is 0. The average molecular weight is 120 g/mol. The number of hydrogen-bond donors (Lipinski definition) is 2. The van der Waals surface area contributed by atoms with Gasteiger partial charge in [-0.2, -0.15) is 0 Å². The molecule has 0 N–H and O–H groups in total. The van der Waals surface area contributed by atoms with E-state index in [0.29, 0.717) is 0 Å². The molecular formula is C4H8S2. The van der Waals surface area contributed by atoms with Gasteiger partial charge in [0.15, 0.2) is 0 Å². The molecule has 0 nitrogen and oxygen atoms in total. The average Bonchev–Trinajstić information content (AvgIpc) is 1.36. The van der Waals surface area contributed by atoms with E-state index in [-0.39, 0.29) is 0 Å². The van der Waals surface area contributed by atoms with Gasteiger partial charge >= 0.3 is 0 Å². The van der Waals surface area contributed by atoms with Gasteiger partial charge in [-0.05, 0) is 13.8 Å². The number of hydrogen-bond acceptors (Lipinski definition) is 2. The van der Waals surface area contributed by atoms with Crippen LogP contribution in [0, 0.1) is 0 Å². The Bertz CT molecular complexity index is 55.6. The lowest BCUT2D eigenvalue weighted by Crippen LogP contribution is -1.59. The Morgan fingerprint density at radius 2 is 1.33 bits per heavy atom. The highest BCUT2D eigenvalue weighted by atomic mass is 32.2. The first-order chi connectivity index (χ1) is 2.64. The van der Waals surface area contributed by atoms with Crippen molar-refractivity contribution >= 4 is 25.3 Å². The van der Waals surface area contributed by atoms with Gasteiger partial charge in [0, 0.05) is 4.24 Å². The molecular weight excluding hydrogens is 112 g/mol. The van der Waals surface area contributed by atoms with Crippen LogP contribution >= 0.6 is 25.3 Å². The van der Waals surface area contributed by atoms with Gasteiger partial charge in [-0.15, -0.1) is 25.3 Å². The SMILES string of the molecule is CC(C)=C(S)S. The van der Waals surface area contributed by atoms with Crippen LogP contribution in [-0.2, 0) is 0 Å². The van der Waals surface area contributed by atoms with Gasteiger partial charge in [0.2, 0.25) is 0 Å². The third kappa shape index (κ3) is 2.67. The highest BCUT2D eigenvalue weighted by Crippen LogP contribution is 2.09. The molecule has 0 saturated carbocycles. The third-order valence-corrected chi connectivity index (χ3v) is 1.34. The van der Waals surface area contributed by atoms with Crippen LogP contribution in [-0.4, -0.2) is 0 Å². The maximum atomic E-state index is 3.94. The summed E-state index contributed by atoms with van der Waals surface area (Å²) >= 11 is 7.87. The van der Waals surface area contributed by atoms with E-state index in [1.54, 1.807) is 0 Å². The third-order valence-electron chi connectivity index (χ3n) is 0.447. The maximum Gasteiger partial charge on any atom is 0.0325 e. The molecule has 0 aromatic heterocycles. The molecule has 0 saturated heterocycles. The molecule has 0 unspecified atom stereocenters. The predicted octanol–water partition coefficient (Wildman–Crippen LogP) is 2.10. The van der Waals surface area contributed by atoms with Crippen molar-refractivity contribution in [3.8, 4) is 0 Å². The Labute approximate surface area is 49.5 Å². The van der Waals surface area contributed by atoms with Crippen molar-refractivity contribution in [2.24, 2.45) is 0 Å². The lowest BCUT2D eigenvalue weighted by Gasteiger charge is -1.85. The summed E-state index contributed by atoms with van der Waals surface area (Å²) in [5.41, 5.74) is 1.15. The molecule has 0 bridgehead atoms. The Hall–Kier alpha value is 0.440. The smallest absolute Gasteiger partial charge is 0.0325 e. The Morgan fingerprint density at radius 3 is 1.33 bits per heavy atom. The van der Waals surface area contributed by atoms with Crippen molar-refractivity contribution in [2.45, 2.75) is 13.8 Å². The molecule has 0 atom stereocenters. The lowest BCUT2D eigenvalue weighted by atomic mass is 10.4. The zero-order valence-corrected chi connectivity index (χ0v) is 5.68. The van der Waals surface area contributed by atoms with Crippen molar-refractivity contribution in [3.05, 3.63) is 9.81 Å². The van der Waals surface area contributed by atoms with Crippen LogP contribution in [0.5, 0.6) is 0 Å². The predicted molar refractivity (Wildman–Crippen MR) is 36.3 cm³/mol. The molecule has 0 radical (unpaired) electrons. The van der Waals surface area contributed by atoms with Crippen molar-refractivity contribution in [1.29, 1.82) is 0 Å². The molecule has 0 spiro atoms. The van der Waals surface area contributed by atoms with Gasteiger partial charge in [0.25, 0.3) is 0 Å². The fourth-order valence-corrected chi connectivity index (χ4v) is 0. The second-order valence-electron chi connectivity index (χ2n) is 1.32. The van der Waals surface area contributed by atoms with E-state index in [1.165, 1.54) is 0 Å². The van der Waals surface area contributed by atoms with E-state index < -0.39 is 0 Å². The molecule has 0 amide bonds. The van der Waals surface area contributed by atoms with Crippen LogP contribution < -0.4 is 0 Å². The van der Waals surface area contributed by atoms with E-state index in [2.05, 4.69) is 25.3 Å². The highest BCUT2D eigenvalue weighted by molar-refractivity contribution is 8.05. The van der Waals surface area contributed by atoms with Crippen LogP contribution in [0.25, 0.3) is 0 Å². The van der Waals surface area contributed by atoms with E-state index in [4.69, 9.17) is 0 Å². The summed E-state index contributed by atoms with van der Waals surface area (Å²) in [6, 6.07) is 0. The molecule has 0 fully saturated rings. The van der Waals surface area contributed by atoms with Crippen molar-refractivity contribution in [1.82, 2.24) is 0 Å². The minimum absolute atomic E-state index is 0.815. The summed E-state index contributed by atoms with van der Waals surface area (Å²) in [6.45, 7) is 3.94. The van der Waals surface area contributed by atoms with Crippen LogP contribution in [0.15, 0.2) is 9.81 Å². The number of thiol groups is 2. The molecule has 0 aromatic rings. The molecule has 0 aliphatic rings. The minimum atomic E-state index is 0.815. The Kier molecular flexibility index (Phi) is 2.78. The first-order valence-corrected chi connectivity index (χ1v) is 2.59. The lowest BCUT2D eigenvalue weighted by molar-refractivity contribution is 1.41. The van der Waals surface area contributed by atoms with Crippen molar-refractivity contribution in [2.75, 3.05) is 0 Å². The molecule has 2 heteroatoms. The monoisotopic (exact) mass is 120 g/mol. The zero-order valence-electron chi connectivity index (χ0n) is 3.89. The fourth-order valence-electron chi connectivity index (χ4n) is 0. The highest BCUT2D eigenvalue weighted by Gasteiger charge is 1.77. The molecule has 0 aromatic carbocycles. The second kappa shape index (κ2) is 2.59. The Morgan fingerprint density at radius 1 is 1.17 bits per heavy atom. The molecule has 6 heavy (non-hydrogen) atoms. The van der Waals surface area contributed by atoms with E-state index in [9.17, 15) is 0 Å². The van der Waals surface area contributed by atoms with Crippen molar-refractivity contribution in [3.63, 3.8) is 0 Å². The van der Waals surface area contributed by atoms with Gasteiger partial charge in [0.05, 0.1) is 0 Å². The zero-order chi connectivity index (χ0) is 5.15. The van der Waals surface area contributed by atoms with E-state index in [1.807, 2.05) is 13.8 Å². The summed E-state index contributed by atoms with van der Waals surface area (Å²) < 4.78 is 0.815. The van der Waals surface area contributed by atoms with Crippen LogP contribution in [0.3, 0.4) is 0 Å². The minimum Gasteiger partial charge on any atom is -0.137 e. The summed E-state index contributed by atoms with van der Waals surface area (Å²) in [5, 5.41) is 0. The van der Waals surface area contributed by atoms with Gasteiger partial charge in [-0.1, -0.05) is 5.57 Å².